The van der Waals surface area contributed by atoms with Crippen LogP contribution in [-0.4, -0.2) is 40.6 Å². The number of nitrogens with zero attached hydrogens (tertiary/aromatic N) is 7. The summed E-state index contributed by atoms with van der Waals surface area (Å²) in [5.41, 5.74) is 0.597. The average molecular weight is 307 g/mol. The number of rotatable bonds is 4. The predicted molar refractivity (Wildman–Crippen MR) is 78.6 cm³/mol. The smallest absolute Gasteiger partial charge is 0.255 e. The van der Waals surface area contributed by atoms with Gasteiger partial charge in [-0.15, -0.1) is 5.10 Å². The molecule has 110 valence electrons. The van der Waals surface area contributed by atoms with Crippen LogP contribution in [0.3, 0.4) is 0 Å². The van der Waals surface area contributed by atoms with E-state index in [2.05, 4.69) is 51.5 Å². The second kappa shape index (κ2) is 5.28. The van der Waals surface area contributed by atoms with Gasteiger partial charge in [0.25, 0.3) is 5.78 Å². The Hall–Kier alpha value is -2.22. The quantitative estimate of drug-likeness (QED) is 0.740. The minimum Gasteiger partial charge on any atom is -0.365 e. The van der Waals surface area contributed by atoms with Gasteiger partial charge in [-0.3, -0.25) is 0 Å². The van der Waals surface area contributed by atoms with Gasteiger partial charge in [0.1, 0.15) is 12.0 Å². The van der Waals surface area contributed by atoms with Gasteiger partial charge in [0, 0.05) is 6.04 Å². The van der Waals surface area contributed by atoms with Gasteiger partial charge in [-0.05, 0) is 12.8 Å². The van der Waals surface area contributed by atoms with Crippen LogP contribution >= 0.6 is 11.6 Å². The van der Waals surface area contributed by atoms with Gasteiger partial charge < -0.3 is 5.32 Å². The molecule has 0 saturated heterocycles. The average Bonchev–Trinajstić information content (AvgIpc) is 3.08. The number of fused-ring (bicyclic) bond motifs is 1. The molecule has 0 radical (unpaired) electrons. The third kappa shape index (κ3) is 2.42. The van der Waals surface area contributed by atoms with Crippen molar-refractivity contribution in [1.29, 1.82) is 0 Å². The van der Waals surface area contributed by atoms with Crippen molar-refractivity contribution in [2.75, 3.05) is 5.32 Å². The highest BCUT2D eigenvalue weighted by atomic mass is 35.5. The first-order valence-corrected chi connectivity index (χ1v) is 6.98. The minimum atomic E-state index is 0.207. The molecule has 0 amide bonds. The molecule has 21 heavy (non-hydrogen) atoms. The Kier molecular flexibility index (Phi) is 3.46. The van der Waals surface area contributed by atoms with Gasteiger partial charge in [-0.25, -0.2) is 4.68 Å². The summed E-state index contributed by atoms with van der Waals surface area (Å²) < 4.78 is 3.17. The molecular weight excluding hydrogens is 292 g/mol. The Morgan fingerprint density at radius 2 is 2.10 bits per heavy atom. The van der Waals surface area contributed by atoms with E-state index >= 15 is 0 Å². The fourth-order valence-electron chi connectivity index (χ4n) is 1.85. The lowest BCUT2D eigenvalue weighted by molar-refractivity contribution is 0.555. The van der Waals surface area contributed by atoms with Crippen LogP contribution in [0.2, 0.25) is 5.15 Å². The van der Waals surface area contributed by atoms with Crippen LogP contribution in [0.4, 0.5) is 5.82 Å². The summed E-state index contributed by atoms with van der Waals surface area (Å²) in [6.07, 6.45) is 4.73. The molecule has 3 aromatic rings. The lowest BCUT2D eigenvalue weighted by Gasteiger charge is -2.21. The second-order valence-corrected chi connectivity index (χ2v) is 5.45. The van der Waals surface area contributed by atoms with Crippen LogP contribution in [0.25, 0.3) is 11.5 Å². The SMILES string of the molecule is CC(C)[C@@H](C)Nc1c(-n2ccnn2)c(Cl)nc2ncnn12. The fourth-order valence-corrected chi connectivity index (χ4v) is 2.10. The molecule has 0 fully saturated rings. The zero-order valence-electron chi connectivity index (χ0n) is 11.9. The van der Waals surface area contributed by atoms with Crippen molar-refractivity contribution < 1.29 is 0 Å². The maximum absolute atomic E-state index is 6.30. The molecule has 0 bridgehead atoms. The van der Waals surface area contributed by atoms with Gasteiger partial charge in [0.15, 0.2) is 11.0 Å². The lowest BCUT2D eigenvalue weighted by Crippen LogP contribution is -2.25. The minimum absolute atomic E-state index is 0.207. The van der Waals surface area contributed by atoms with Crippen molar-refractivity contribution in [2.24, 2.45) is 5.92 Å². The lowest BCUT2D eigenvalue weighted by atomic mass is 10.1. The molecule has 0 saturated carbocycles. The molecule has 0 aromatic carbocycles. The summed E-state index contributed by atoms with van der Waals surface area (Å²) in [6, 6.07) is 0.207. The molecule has 1 N–H and O–H groups in total. The van der Waals surface area contributed by atoms with Gasteiger partial charge in [-0.1, -0.05) is 30.7 Å². The first kappa shape index (κ1) is 13.7. The van der Waals surface area contributed by atoms with Crippen molar-refractivity contribution in [2.45, 2.75) is 26.8 Å². The summed E-state index contributed by atoms with van der Waals surface area (Å²) in [6.45, 7) is 6.36. The first-order valence-electron chi connectivity index (χ1n) is 6.60. The molecule has 0 aliphatic rings. The van der Waals surface area contributed by atoms with Crippen LogP contribution in [0.1, 0.15) is 20.8 Å². The highest BCUT2D eigenvalue weighted by Crippen LogP contribution is 2.27. The fraction of sp³-hybridized carbons (Fsp3) is 0.417. The summed E-state index contributed by atoms with van der Waals surface area (Å²) in [4.78, 5) is 8.32. The van der Waals surface area contributed by atoms with Crippen molar-refractivity contribution in [1.82, 2.24) is 34.6 Å². The van der Waals surface area contributed by atoms with E-state index in [0.717, 1.165) is 0 Å². The van der Waals surface area contributed by atoms with Crippen LogP contribution in [0, 0.1) is 5.92 Å². The monoisotopic (exact) mass is 306 g/mol. The zero-order chi connectivity index (χ0) is 15.0. The Morgan fingerprint density at radius 1 is 1.29 bits per heavy atom. The molecule has 0 aliphatic heterocycles. The topological polar surface area (TPSA) is 85.8 Å². The standard InChI is InChI=1S/C12H15ClN8/c1-7(2)8(3)17-11-9(20-5-4-15-19-20)10(13)18-12-14-6-16-21(11)12/h4-8,17H,1-3H3/t8-/m1/s1. The third-order valence-corrected chi connectivity index (χ3v) is 3.64. The van der Waals surface area contributed by atoms with E-state index in [-0.39, 0.29) is 6.04 Å². The largest absolute Gasteiger partial charge is 0.365 e. The van der Waals surface area contributed by atoms with Crippen molar-refractivity contribution in [3.8, 4) is 5.69 Å². The Morgan fingerprint density at radius 3 is 2.76 bits per heavy atom. The molecular formula is C12H15ClN8. The summed E-state index contributed by atoms with van der Waals surface area (Å²) in [5.74, 6) is 1.55. The van der Waals surface area contributed by atoms with Crippen LogP contribution in [0.5, 0.6) is 0 Å². The maximum Gasteiger partial charge on any atom is 0.255 e. The van der Waals surface area contributed by atoms with E-state index in [1.165, 1.54) is 6.33 Å². The molecule has 1 atom stereocenters. The number of anilines is 1. The van der Waals surface area contributed by atoms with E-state index in [0.29, 0.717) is 28.4 Å². The molecule has 0 aliphatic carbocycles. The maximum atomic E-state index is 6.30. The highest BCUT2D eigenvalue weighted by Gasteiger charge is 2.20. The van der Waals surface area contributed by atoms with E-state index in [9.17, 15) is 0 Å². The van der Waals surface area contributed by atoms with Gasteiger partial charge in [0.2, 0.25) is 0 Å². The number of hydrogen-bond donors (Lipinski definition) is 1. The Labute approximate surface area is 126 Å². The molecule has 3 heterocycles. The van der Waals surface area contributed by atoms with E-state index in [1.54, 1.807) is 21.6 Å². The molecule has 0 spiro atoms. The second-order valence-electron chi connectivity index (χ2n) is 5.10. The van der Waals surface area contributed by atoms with Crippen LogP contribution in [-0.2, 0) is 0 Å². The highest BCUT2D eigenvalue weighted by molar-refractivity contribution is 6.31. The summed E-state index contributed by atoms with van der Waals surface area (Å²) >= 11 is 6.30. The van der Waals surface area contributed by atoms with E-state index < -0.39 is 0 Å². The van der Waals surface area contributed by atoms with Crippen molar-refractivity contribution in [3.63, 3.8) is 0 Å². The number of halogens is 1. The molecule has 3 rings (SSSR count). The number of aromatic nitrogens is 7. The molecule has 9 heteroatoms. The van der Waals surface area contributed by atoms with Crippen LogP contribution < -0.4 is 5.32 Å². The summed E-state index contributed by atoms with van der Waals surface area (Å²) in [5, 5.41) is 15.7. The third-order valence-electron chi connectivity index (χ3n) is 3.38. The Balaban J connectivity index is 2.22. The van der Waals surface area contributed by atoms with Gasteiger partial charge in [-0.2, -0.15) is 19.6 Å². The van der Waals surface area contributed by atoms with E-state index in [1.807, 2.05) is 0 Å². The summed E-state index contributed by atoms with van der Waals surface area (Å²) in [7, 11) is 0. The molecule has 3 aromatic heterocycles. The normalized spacial score (nSPS) is 13.0. The van der Waals surface area contributed by atoms with Crippen molar-refractivity contribution >= 4 is 23.2 Å². The zero-order valence-corrected chi connectivity index (χ0v) is 12.7. The molecule has 8 nitrogen and oxygen atoms in total. The first-order chi connectivity index (χ1) is 10.1. The van der Waals surface area contributed by atoms with Crippen molar-refractivity contribution in [3.05, 3.63) is 23.9 Å². The van der Waals surface area contributed by atoms with Gasteiger partial charge in [0.05, 0.1) is 12.4 Å². The predicted octanol–water partition coefficient (Wildman–Crippen LogP) is 1.81. The Bertz CT molecular complexity index is 748. The van der Waals surface area contributed by atoms with E-state index in [4.69, 9.17) is 11.6 Å². The number of nitrogens with one attached hydrogen (secondary N) is 1. The van der Waals surface area contributed by atoms with Gasteiger partial charge >= 0.3 is 0 Å². The van der Waals surface area contributed by atoms with Crippen LogP contribution in [0.15, 0.2) is 18.7 Å². The number of hydrogen-bond acceptors (Lipinski definition) is 6. The molecule has 0 unspecified atom stereocenters.